The van der Waals surface area contributed by atoms with Crippen molar-refractivity contribution in [3.8, 4) is 5.75 Å². The van der Waals surface area contributed by atoms with Crippen molar-refractivity contribution in [1.82, 2.24) is 20.1 Å². The molecule has 0 aliphatic carbocycles. The van der Waals surface area contributed by atoms with Crippen LogP contribution in [-0.4, -0.2) is 27.8 Å². The van der Waals surface area contributed by atoms with Gasteiger partial charge in [-0.25, -0.2) is 0 Å². The Morgan fingerprint density at radius 3 is 2.68 bits per heavy atom. The molecule has 0 aliphatic rings. The summed E-state index contributed by atoms with van der Waals surface area (Å²) in [6, 6.07) is 7.22. The van der Waals surface area contributed by atoms with Crippen LogP contribution in [0, 0.1) is 10.7 Å². The molecule has 1 heterocycles. The summed E-state index contributed by atoms with van der Waals surface area (Å²) in [6.45, 7) is 8.36. The molecule has 0 saturated heterocycles. The Balaban J connectivity index is 2.14. The highest BCUT2D eigenvalue weighted by Crippen LogP contribution is 2.21. The molecule has 1 amide bonds. The van der Waals surface area contributed by atoms with E-state index >= 15 is 0 Å². The summed E-state index contributed by atoms with van der Waals surface area (Å²) in [5, 5.41) is 10.2. The Labute approximate surface area is 152 Å². The van der Waals surface area contributed by atoms with Gasteiger partial charge in [0, 0.05) is 6.54 Å². The van der Waals surface area contributed by atoms with Crippen molar-refractivity contribution in [2.45, 2.75) is 32.9 Å². The number of aromatic amines is 1. The second kappa shape index (κ2) is 8.62. The second-order valence-electron chi connectivity index (χ2n) is 6.10. The minimum atomic E-state index is -0.237. The number of amides is 1. The van der Waals surface area contributed by atoms with Crippen molar-refractivity contribution in [2.75, 3.05) is 7.11 Å². The number of ether oxygens (including phenoxy) is 1. The van der Waals surface area contributed by atoms with Crippen LogP contribution in [0.4, 0.5) is 0 Å². The van der Waals surface area contributed by atoms with E-state index in [9.17, 15) is 4.79 Å². The lowest BCUT2D eigenvalue weighted by molar-refractivity contribution is -0.121. The molecule has 2 N–H and O–H groups in total. The van der Waals surface area contributed by atoms with Gasteiger partial charge in [0.2, 0.25) is 5.91 Å². The van der Waals surface area contributed by atoms with Gasteiger partial charge in [-0.05, 0) is 35.8 Å². The van der Waals surface area contributed by atoms with E-state index in [2.05, 4.69) is 22.1 Å². The summed E-state index contributed by atoms with van der Waals surface area (Å²) < 4.78 is 7.50. The lowest BCUT2D eigenvalue weighted by Gasteiger charge is -2.22. The molecule has 0 aliphatic heterocycles. The molecule has 0 unspecified atom stereocenters. The number of allylic oxidation sites excluding steroid dienone is 1. The summed E-state index contributed by atoms with van der Waals surface area (Å²) >= 11 is 5.26. The zero-order valence-corrected chi connectivity index (χ0v) is 15.6. The Kier molecular flexibility index (Phi) is 6.52. The SMILES string of the molecule is C=CCn1c([C@H](NC(=O)Cc2ccc(OC)cc2)C(C)C)n[nH]c1=S. The first kappa shape index (κ1) is 18.9. The van der Waals surface area contributed by atoms with Crippen molar-refractivity contribution >= 4 is 18.1 Å². The summed E-state index contributed by atoms with van der Waals surface area (Å²) in [7, 11) is 1.62. The van der Waals surface area contributed by atoms with Crippen LogP contribution in [0.2, 0.25) is 0 Å². The highest BCUT2D eigenvalue weighted by atomic mass is 32.1. The molecule has 0 radical (unpaired) electrons. The van der Waals surface area contributed by atoms with E-state index in [1.807, 2.05) is 42.7 Å². The van der Waals surface area contributed by atoms with Crippen molar-refractivity contribution in [3.63, 3.8) is 0 Å². The van der Waals surface area contributed by atoms with Crippen molar-refractivity contribution < 1.29 is 9.53 Å². The van der Waals surface area contributed by atoms with Crippen LogP contribution in [0.5, 0.6) is 5.75 Å². The van der Waals surface area contributed by atoms with E-state index in [0.717, 1.165) is 11.3 Å². The van der Waals surface area contributed by atoms with E-state index in [-0.39, 0.29) is 17.9 Å². The van der Waals surface area contributed by atoms with Gasteiger partial charge in [-0.1, -0.05) is 32.1 Å². The first-order chi connectivity index (χ1) is 12.0. The van der Waals surface area contributed by atoms with Gasteiger partial charge >= 0.3 is 0 Å². The third-order valence-electron chi connectivity index (χ3n) is 3.88. The van der Waals surface area contributed by atoms with Crippen molar-refractivity contribution in [3.05, 3.63) is 53.1 Å². The molecule has 7 heteroatoms. The number of nitrogens with zero attached hydrogens (tertiary/aromatic N) is 2. The van der Waals surface area contributed by atoms with E-state index in [1.54, 1.807) is 13.2 Å². The topological polar surface area (TPSA) is 71.9 Å². The molecule has 1 aromatic heterocycles. The molecule has 0 spiro atoms. The fraction of sp³-hybridized carbons (Fsp3) is 0.389. The van der Waals surface area contributed by atoms with Gasteiger partial charge in [-0.3, -0.25) is 14.5 Å². The third kappa shape index (κ3) is 4.79. The van der Waals surface area contributed by atoms with E-state index in [1.165, 1.54) is 0 Å². The first-order valence-electron chi connectivity index (χ1n) is 8.14. The monoisotopic (exact) mass is 360 g/mol. The average molecular weight is 360 g/mol. The number of hydrogen-bond acceptors (Lipinski definition) is 4. The van der Waals surface area contributed by atoms with E-state index < -0.39 is 0 Å². The number of benzene rings is 1. The molecular formula is C18H24N4O2S. The number of carbonyl (C=O) groups excluding carboxylic acids is 1. The molecule has 0 fully saturated rings. The number of hydrogen-bond donors (Lipinski definition) is 2. The maximum atomic E-state index is 12.5. The molecule has 0 saturated carbocycles. The number of H-pyrrole nitrogens is 1. The molecule has 6 nitrogen and oxygen atoms in total. The fourth-order valence-corrected chi connectivity index (χ4v) is 2.77. The fourth-order valence-electron chi connectivity index (χ4n) is 2.56. The minimum absolute atomic E-state index is 0.0667. The largest absolute Gasteiger partial charge is 0.497 e. The molecule has 134 valence electrons. The van der Waals surface area contributed by atoms with Crippen LogP contribution in [0.15, 0.2) is 36.9 Å². The number of aromatic nitrogens is 3. The summed E-state index contributed by atoms with van der Waals surface area (Å²) in [5.74, 6) is 1.57. The van der Waals surface area contributed by atoms with Gasteiger partial charge in [0.25, 0.3) is 0 Å². The molecule has 0 bridgehead atoms. The van der Waals surface area contributed by atoms with Gasteiger partial charge in [0.15, 0.2) is 10.6 Å². The highest BCUT2D eigenvalue weighted by molar-refractivity contribution is 7.71. The normalized spacial score (nSPS) is 12.0. The zero-order chi connectivity index (χ0) is 18.4. The maximum Gasteiger partial charge on any atom is 0.225 e. The summed E-state index contributed by atoms with van der Waals surface area (Å²) in [6.07, 6.45) is 2.05. The van der Waals surface area contributed by atoms with E-state index in [4.69, 9.17) is 17.0 Å². The van der Waals surface area contributed by atoms with Gasteiger partial charge in [0.1, 0.15) is 5.75 Å². The Morgan fingerprint density at radius 2 is 2.12 bits per heavy atom. The highest BCUT2D eigenvalue weighted by Gasteiger charge is 2.23. The van der Waals surface area contributed by atoms with Crippen molar-refractivity contribution in [2.24, 2.45) is 5.92 Å². The lowest BCUT2D eigenvalue weighted by atomic mass is 10.0. The van der Waals surface area contributed by atoms with Crippen LogP contribution in [0.3, 0.4) is 0 Å². The predicted octanol–water partition coefficient (Wildman–Crippen LogP) is 3.19. The smallest absolute Gasteiger partial charge is 0.225 e. The molecule has 1 atom stereocenters. The molecular weight excluding hydrogens is 336 g/mol. The lowest BCUT2D eigenvalue weighted by Crippen LogP contribution is -2.34. The quantitative estimate of drug-likeness (QED) is 0.560. The van der Waals surface area contributed by atoms with Gasteiger partial charge in [-0.15, -0.1) is 6.58 Å². The Morgan fingerprint density at radius 1 is 1.44 bits per heavy atom. The number of nitrogens with one attached hydrogen (secondary N) is 2. The third-order valence-corrected chi connectivity index (χ3v) is 4.20. The van der Waals surface area contributed by atoms with Crippen molar-refractivity contribution in [1.29, 1.82) is 0 Å². The van der Waals surface area contributed by atoms with Crippen LogP contribution in [-0.2, 0) is 17.8 Å². The average Bonchev–Trinajstić information content (AvgIpc) is 2.94. The van der Waals surface area contributed by atoms with Crippen LogP contribution in [0.1, 0.15) is 31.3 Å². The van der Waals surface area contributed by atoms with Gasteiger partial charge in [-0.2, -0.15) is 5.10 Å². The van der Waals surface area contributed by atoms with E-state index in [0.29, 0.717) is 23.6 Å². The molecule has 2 aromatic rings. The maximum absolute atomic E-state index is 12.5. The molecule has 1 aromatic carbocycles. The van der Waals surface area contributed by atoms with Crippen LogP contribution < -0.4 is 10.1 Å². The summed E-state index contributed by atoms with van der Waals surface area (Å²) in [4.78, 5) is 12.5. The number of methoxy groups -OCH3 is 1. The molecule has 25 heavy (non-hydrogen) atoms. The van der Waals surface area contributed by atoms with Gasteiger partial charge in [0.05, 0.1) is 19.6 Å². The number of rotatable bonds is 8. The minimum Gasteiger partial charge on any atom is -0.497 e. The second-order valence-corrected chi connectivity index (χ2v) is 6.49. The number of carbonyl (C=O) groups is 1. The zero-order valence-electron chi connectivity index (χ0n) is 14.8. The Bertz CT molecular complexity index is 777. The van der Waals surface area contributed by atoms with Gasteiger partial charge < -0.3 is 10.1 Å². The first-order valence-corrected chi connectivity index (χ1v) is 8.55. The predicted molar refractivity (Wildman–Crippen MR) is 100 cm³/mol. The summed E-state index contributed by atoms with van der Waals surface area (Å²) in [5.41, 5.74) is 0.922. The Hall–Kier alpha value is -2.41. The molecule has 2 rings (SSSR count). The van der Waals surface area contributed by atoms with Crippen LogP contribution in [0.25, 0.3) is 0 Å². The standard InChI is InChI=1S/C18H24N4O2S/c1-5-10-22-17(20-21-18(22)25)16(12(2)3)19-15(23)11-13-6-8-14(24-4)9-7-13/h5-9,12,16H,1,10-11H2,2-4H3,(H,19,23)(H,21,25)/t16-/m1/s1. The van der Waals surface area contributed by atoms with Crippen LogP contribution >= 0.6 is 12.2 Å².